The highest BCUT2D eigenvalue weighted by molar-refractivity contribution is 5.90. The lowest BCUT2D eigenvalue weighted by Gasteiger charge is -2.19. The molecule has 0 spiro atoms. The van der Waals surface area contributed by atoms with Gasteiger partial charge in [0.1, 0.15) is 5.75 Å². The second kappa shape index (κ2) is 5.37. The van der Waals surface area contributed by atoms with Crippen LogP contribution in [-0.4, -0.2) is 35.6 Å². The first kappa shape index (κ1) is 13.9. The summed E-state index contributed by atoms with van der Waals surface area (Å²) in [5, 5.41) is 11.9. The number of benzene rings is 2. The number of rotatable bonds is 3. The second-order valence-electron chi connectivity index (χ2n) is 5.54. The van der Waals surface area contributed by atoms with Gasteiger partial charge in [0.2, 0.25) is 0 Å². The Hall–Kier alpha value is -2.07. The summed E-state index contributed by atoms with van der Waals surface area (Å²) in [5.41, 5.74) is 0.719. The molecule has 4 nitrogen and oxygen atoms in total. The molecule has 1 saturated heterocycles. The molecule has 1 fully saturated rings. The fraction of sp³-hybridized carbons (Fsp3) is 0.353. The lowest BCUT2D eigenvalue weighted by molar-refractivity contribution is -0.132. The first-order valence-corrected chi connectivity index (χ1v) is 7.19. The van der Waals surface area contributed by atoms with Gasteiger partial charge in [0.25, 0.3) is 5.91 Å². The van der Waals surface area contributed by atoms with Crippen LogP contribution < -0.4 is 4.74 Å². The topological polar surface area (TPSA) is 49.8 Å². The van der Waals surface area contributed by atoms with E-state index >= 15 is 0 Å². The van der Waals surface area contributed by atoms with Gasteiger partial charge in [-0.2, -0.15) is 0 Å². The van der Waals surface area contributed by atoms with Gasteiger partial charge in [-0.15, -0.1) is 0 Å². The van der Waals surface area contributed by atoms with Gasteiger partial charge in [-0.05, 0) is 12.3 Å². The fourth-order valence-electron chi connectivity index (χ4n) is 2.76. The second-order valence-corrected chi connectivity index (χ2v) is 5.54. The van der Waals surface area contributed by atoms with Crippen molar-refractivity contribution in [2.45, 2.75) is 25.6 Å². The SMILES string of the molecule is C[C@@H](O)c1ccc2ccccc2c1OC1CCN(C)C1=O. The maximum atomic E-state index is 12.1. The summed E-state index contributed by atoms with van der Waals surface area (Å²) in [6.45, 7) is 2.41. The van der Waals surface area contributed by atoms with E-state index in [1.54, 1.807) is 18.9 Å². The molecule has 1 amide bonds. The van der Waals surface area contributed by atoms with Crippen LogP contribution in [0.25, 0.3) is 10.8 Å². The molecule has 2 aromatic carbocycles. The zero-order chi connectivity index (χ0) is 15.0. The van der Waals surface area contributed by atoms with E-state index in [1.807, 2.05) is 36.4 Å². The van der Waals surface area contributed by atoms with Gasteiger partial charge >= 0.3 is 0 Å². The number of likely N-dealkylation sites (tertiary alicyclic amines) is 1. The number of carbonyl (C=O) groups is 1. The molecule has 3 rings (SSSR count). The molecule has 1 unspecified atom stereocenters. The molecule has 1 N–H and O–H groups in total. The number of aliphatic hydroxyl groups is 1. The van der Waals surface area contributed by atoms with Crippen molar-refractivity contribution in [3.05, 3.63) is 42.0 Å². The van der Waals surface area contributed by atoms with E-state index in [0.29, 0.717) is 18.7 Å². The normalized spacial score (nSPS) is 20.0. The van der Waals surface area contributed by atoms with Crippen LogP contribution in [0.2, 0.25) is 0 Å². The first-order valence-electron chi connectivity index (χ1n) is 7.19. The van der Waals surface area contributed by atoms with E-state index in [0.717, 1.165) is 16.3 Å². The predicted molar refractivity (Wildman–Crippen MR) is 81.3 cm³/mol. The molecule has 2 aromatic rings. The highest BCUT2D eigenvalue weighted by Crippen LogP contribution is 2.35. The fourth-order valence-corrected chi connectivity index (χ4v) is 2.76. The molecule has 1 aliphatic rings. The van der Waals surface area contributed by atoms with Gasteiger partial charge in [-0.1, -0.05) is 36.4 Å². The van der Waals surface area contributed by atoms with Crippen molar-refractivity contribution in [3.8, 4) is 5.75 Å². The Morgan fingerprint density at radius 1 is 1.29 bits per heavy atom. The van der Waals surface area contributed by atoms with Gasteiger partial charge in [0, 0.05) is 31.0 Å². The number of amides is 1. The van der Waals surface area contributed by atoms with Gasteiger partial charge in [0.05, 0.1) is 6.10 Å². The van der Waals surface area contributed by atoms with Crippen molar-refractivity contribution >= 4 is 16.7 Å². The standard InChI is InChI=1S/C17H19NO3/c1-11(19)13-8-7-12-5-3-4-6-14(12)16(13)21-15-9-10-18(2)17(15)20/h3-8,11,15,19H,9-10H2,1-2H3/t11-,15?/m1/s1. The third-order valence-electron chi connectivity index (χ3n) is 4.00. The Morgan fingerprint density at radius 3 is 2.71 bits per heavy atom. The van der Waals surface area contributed by atoms with Crippen LogP contribution in [0.5, 0.6) is 5.75 Å². The molecule has 1 heterocycles. The van der Waals surface area contributed by atoms with Crippen molar-refractivity contribution in [2.24, 2.45) is 0 Å². The Bertz CT molecular complexity index is 681. The highest BCUT2D eigenvalue weighted by Gasteiger charge is 2.32. The van der Waals surface area contributed by atoms with Crippen LogP contribution in [-0.2, 0) is 4.79 Å². The summed E-state index contributed by atoms with van der Waals surface area (Å²) in [6, 6.07) is 11.7. The molecule has 21 heavy (non-hydrogen) atoms. The Labute approximate surface area is 123 Å². The van der Waals surface area contributed by atoms with Crippen LogP contribution in [0.15, 0.2) is 36.4 Å². The summed E-state index contributed by atoms with van der Waals surface area (Å²) in [4.78, 5) is 13.7. The Morgan fingerprint density at radius 2 is 2.05 bits per heavy atom. The highest BCUT2D eigenvalue weighted by atomic mass is 16.5. The molecule has 0 aromatic heterocycles. The predicted octanol–water partition coefficient (Wildman–Crippen LogP) is 2.50. The molecule has 2 atom stereocenters. The number of nitrogens with zero attached hydrogens (tertiary/aromatic N) is 1. The monoisotopic (exact) mass is 285 g/mol. The van der Waals surface area contributed by atoms with E-state index in [1.165, 1.54) is 0 Å². The molecule has 1 aliphatic heterocycles. The van der Waals surface area contributed by atoms with Gasteiger partial charge < -0.3 is 14.7 Å². The number of fused-ring (bicyclic) bond motifs is 1. The third kappa shape index (κ3) is 2.47. The molecule has 110 valence electrons. The van der Waals surface area contributed by atoms with Crippen molar-refractivity contribution in [3.63, 3.8) is 0 Å². The quantitative estimate of drug-likeness (QED) is 0.942. The van der Waals surface area contributed by atoms with Crippen LogP contribution >= 0.6 is 0 Å². The molecule has 0 aliphatic carbocycles. The molecule has 0 radical (unpaired) electrons. The van der Waals surface area contributed by atoms with E-state index < -0.39 is 12.2 Å². The minimum atomic E-state index is -0.640. The van der Waals surface area contributed by atoms with Crippen molar-refractivity contribution in [1.29, 1.82) is 0 Å². The Kier molecular flexibility index (Phi) is 3.55. The van der Waals surface area contributed by atoms with Gasteiger partial charge in [-0.25, -0.2) is 0 Å². The maximum Gasteiger partial charge on any atom is 0.263 e. The van der Waals surface area contributed by atoms with Gasteiger partial charge in [0.15, 0.2) is 6.10 Å². The maximum absolute atomic E-state index is 12.1. The number of likely N-dealkylation sites (N-methyl/N-ethyl adjacent to an activating group) is 1. The van der Waals surface area contributed by atoms with Crippen molar-refractivity contribution < 1.29 is 14.6 Å². The van der Waals surface area contributed by atoms with Crippen LogP contribution in [0.3, 0.4) is 0 Å². The van der Waals surface area contributed by atoms with Crippen molar-refractivity contribution in [1.82, 2.24) is 4.90 Å². The van der Waals surface area contributed by atoms with E-state index in [9.17, 15) is 9.90 Å². The number of hydrogen-bond donors (Lipinski definition) is 1. The summed E-state index contributed by atoms with van der Waals surface area (Å²) in [6.07, 6.45) is -0.421. The molecular weight excluding hydrogens is 266 g/mol. The average molecular weight is 285 g/mol. The minimum Gasteiger partial charge on any atom is -0.479 e. The minimum absolute atomic E-state index is 0.000484. The number of carbonyl (C=O) groups excluding carboxylic acids is 1. The number of aliphatic hydroxyl groups excluding tert-OH is 1. The lowest BCUT2D eigenvalue weighted by atomic mass is 10.0. The largest absolute Gasteiger partial charge is 0.479 e. The molecular formula is C17H19NO3. The summed E-state index contributed by atoms with van der Waals surface area (Å²) < 4.78 is 6.01. The molecule has 0 bridgehead atoms. The van der Waals surface area contributed by atoms with Crippen LogP contribution in [0.4, 0.5) is 0 Å². The first-order chi connectivity index (χ1) is 10.1. The van der Waals surface area contributed by atoms with Crippen LogP contribution in [0, 0.1) is 0 Å². The van der Waals surface area contributed by atoms with Gasteiger partial charge in [-0.3, -0.25) is 4.79 Å². The van der Waals surface area contributed by atoms with Crippen LogP contribution in [0.1, 0.15) is 25.0 Å². The van der Waals surface area contributed by atoms with E-state index in [2.05, 4.69) is 0 Å². The smallest absolute Gasteiger partial charge is 0.263 e. The third-order valence-corrected chi connectivity index (χ3v) is 4.00. The molecule has 0 saturated carbocycles. The number of ether oxygens (including phenoxy) is 1. The Balaban J connectivity index is 2.06. The summed E-state index contributed by atoms with van der Waals surface area (Å²) >= 11 is 0. The average Bonchev–Trinajstić information content (AvgIpc) is 2.79. The lowest BCUT2D eigenvalue weighted by Crippen LogP contribution is -2.29. The van der Waals surface area contributed by atoms with E-state index in [-0.39, 0.29) is 5.91 Å². The molecule has 4 heteroatoms. The summed E-state index contributed by atoms with van der Waals surface area (Å²) in [5.74, 6) is 0.622. The zero-order valence-corrected chi connectivity index (χ0v) is 12.2. The zero-order valence-electron chi connectivity index (χ0n) is 12.2. The summed E-state index contributed by atoms with van der Waals surface area (Å²) in [7, 11) is 1.78. The number of hydrogen-bond acceptors (Lipinski definition) is 3. The van der Waals surface area contributed by atoms with E-state index in [4.69, 9.17) is 4.74 Å². The van der Waals surface area contributed by atoms with Crippen molar-refractivity contribution in [2.75, 3.05) is 13.6 Å².